The van der Waals surface area contributed by atoms with Crippen molar-refractivity contribution >= 4 is 0 Å². The van der Waals surface area contributed by atoms with E-state index in [1.54, 1.807) is 6.08 Å². The third-order valence-corrected chi connectivity index (χ3v) is 2.96. The van der Waals surface area contributed by atoms with Gasteiger partial charge in [-0.3, -0.25) is 0 Å². The van der Waals surface area contributed by atoms with Gasteiger partial charge >= 0.3 is 0 Å². The van der Waals surface area contributed by atoms with Crippen molar-refractivity contribution in [1.29, 1.82) is 0 Å². The van der Waals surface area contributed by atoms with Crippen molar-refractivity contribution in [2.24, 2.45) is 0 Å². The highest BCUT2D eigenvalue weighted by Gasteiger charge is 2.18. The van der Waals surface area contributed by atoms with E-state index in [2.05, 4.69) is 17.1 Å². The first-order valence-electron chi connectivity index (χ1n) is 6.19. The number of hydrogen-bond acceptors (Lipinski definition) is 4. The number of hydrogen-bond donors (Lipinski definition) is 1. The van der Waals surface area contributed by atoms with E-state index in [-0.39, 0.29) is 6.04 Å². The van der Waals surface area contributed by atoms with E-state index in [1.807, 2.05) is 44.3 Å². The lowest BCUT2D eigenvalue weighted by Gasteiger charge is -2.07. The van der Waals surface area contributed by atoms with Crippen molar-refractivity contribution in [3.05, 3.63) is 59.9 Å². The number of rotatable bonds is 6. The minimum absolute atomic E-state index is 0.0541. The maximum absolute atomic E-state index is 5.68. The summed E-state index contributed by atoms with van der Waals surface area (Å²) in [5.41, 5.74) is 2.00. The van der Waals surface area contributed by atoms with Crippen molar-refractivity contribution in [3.63, 3.8) is 0 Å². The van der Waals surface area contributed by atoms with Crippen LogP contribution in [0.2, 0.25) is 0 Å². The van der Waals surface area contributed by atoms with Gasteiger partial charge in [0.25, 0.3) is 5.88 Å². The summed E-state index contributed by atoms with van der Waals surface area (Å²) in [5, 5.41) is 7.05. The van der Waals surface area contributed by atoms with Crippen molar-refractivity contribution in [2.45, 2.75) is 19.6 Å². The van der Waals surface area contributed by atoms with Crippen LogP contribution in [0.25, 0.3) is 0 Å². The molecule has 4 nitrogen and oxygen atoms in total. The van der Waals surface area contributed by atoms with E-state index in [1.165, 1.54) is 0 Å². The molecule has 0 aliphatic rings. The second-order valence-corrected chi connectivity index (χ2v) is 4.25. The Labute approximate surface area is 113 Å². The smallest absolute Gasteiger partial charge is 0.257 e. The largest absolute Gasteiger partial charge is 0.470 e. The Morgan fingerprint density at radius 1 is 1.42 bits per heavy atom. The third kappa shape index (κ3) is 3.03. The molecule has 0 spiro atoms. The summed E-state index contributed by atoms with van der Waals surface area (Å²) in [6.07, 6.45) is 1.77. The number of benzene rings is 1. The van der Waals surface area contributed by atoms with Gasteiger partial charge in [-0.2, -0.15) is 0 Å². The number of ether oxygens (including phenoxy) is 1. The van der Waals surface area contributed by atoms with Gasteiger partial charge in [-0.25, -0.2) is 0 Å². The van der Waals surface area contributed by atoms with Gasteiger partial charge in [-0.15, -0.1) is 6.58 Å². The first kappa shape index (κ1) is 13.4. The summed E-state index contributed by atoms with van der Waals surface area (Å²) < 4.78 is 11.0. The maximum Gasteiger partial charge on any atom is 0.257 e. The van der Waals surface area contributed by atoms with Crippen LogP contribution in [0.1, 0.15) is 22.9 Å². The zero-order valence-corrected chi connectivity index (χ0v) is 11.2. The van der Waals surface area contributed by atoms with Crippen LogP contribution in [0.3, 0.4) is 0 Å². The van der Waals surface area contributed by atoms with E-state index in [4.69, 9.17) is 9.26 Å². The summed E-state index contributed by atoms with van der Waals surface area (Å²) in [5.74, 6) is 1.27. The lowest BCUT2D eigenvalue weighted by molar-refractivity contribution is 0.263. The highest BCUT2D eigenvalue weighted by atomic mass is 16.5. The molecule has 100 valence electrons. The Bertz CT molecular complexity index is 534. The van der Waals surface area contributed by atoms with Crippen LogP contribution in [-0.2, 0) is 6.61 Å². The molecule has 0 amide bonds. The van der Waals surface area contributed by atoms with Gasteiger partial charge in [-0.1, -0.05) is 36.4 Å². The van der Waals surface area contributed by atoms with Crippen molar-refractivity contribution < 1.29 is 9.26 Å². The molecule has 0 fully saturated rings. The van der Waals surface area contributed by atoms with Gasteiger partial charge in [-0.05, 0) is 24.7 Å². The molecule has 1 N–H and O–H groups in total. The molecule has 1 aromatic carbocycles. The fourth-order valence-electron chi connectivity index (χ4n) is 1.84. The summed E-state index contributed by atoms with van der Waals surface area (Å²) in [6, 6.07) is 9.90. The van der Waals surface area contributed by atoms with Crippen LogP contribution in [0, 0.1) is 6.92 Å². The van der Waals surface area contributed by atoms with Gasteiger partial charge in [0.1, 0.15) is 6.61 Å². The summed E-state index contributed by atoms with van der Waals surface area (Å²) >= 11 is 0. The van der Waals surface area contributed by atoms with Gasteiger partial charge in [0, 0.05) is 0 Å². The Morgan fingerprint density at radius 3 is 2.79 bits per heavy atom. The maximum atomic E-state index is 5.68. The quantitative estimate of drug-likeness (QED) is 0.809. The summed E-state index contributed by atoms with van der Waals surface area (Å²) in [6.45, 7) is 6.17. The van der Waals surface area contributed by atoms with Crippen molar-refractivity contribution in [1.82, 2.24) is 10.5 Å². The van der Waals surface area contributed by atoms with Gasteiger partial charge in [0.2, 0.25) is 0 Å². The molecule has 0 saturated carbocycles. The SMILES string of the molecule is C=C[C@@H](NC)c1onc(OCc2ccccc2)c1C. The molecule has 1 aromatic heterocycles. The average Bonchev–Trinajstić information content (AvgIpc) is 2.81. The number of aromatic nitrogens is 1. The number of likely N-dealkylation sites (N-methyl/N-ethyl adjacent to an activating group) is 1. The zero-order chi connectivity index (χ0) is 13.7. The van der Waals surface area contributed by atoms with E-state index in [0.717, 1.165) is 16.9 Å². The second-order valence-electron chi connectivity index (χ2n) is 4.25. The predicted molar refractivity (Wildman–Crippen MR) is 74.0 cm³/mol. The minimum Gasteiger partial charge on any atom is -0.470 e. The lowest BCUT2D eigenvalue weighted by atomic mass is 10.1. The topological polar surface area (TPSA) is 47.3 Å². The van der Waals surface area contributed by atoms with Crippen LogP contribution in [0.5, 0.6) is 5.88 Å². The zero-order valence-electron chi connectivity index (χ0n) is 11.2. The predicted octanol–water partition coefficient (Wildman–Crippen LogP) is 3.01. The minimum atomic E-state index is -0.0541. The Balaban J connectivity index is 2.08. The molecule has 19 heavy (non-hydrogen) atoms. The molecule has 1 atom stereocenters. The van der Waals surface area contributed by atoms with E-state index in [9.17, 15) is 0 Å². The Hall–Kier alpha value is -2.07. The first-order valence-corrected chi connectivity index (χ1v) is 6.19. The summed E-state index contributed by atoms with van der Waals surface area (Å²) in [7, 11) is 1.85. The monoisotopic (exact) mass is 258 g/mol. The van der Waals surface area contributed by atoms with Crippen LogP contribution >= 0.6 is 0 Å². The summed E-state index contributed by atoms with van der Waals surface area (Å²) in [4.78, 5) is 0. The molecule has 0 unspecified atom stereocenters. The number of nitrogens with zero attached hydrogens (tertiary/aromatic N) is 1. The highest BCUT2D eigenvalue weighted by Crippen LogP contribution is 2.26. The Kier molecular flexibility index (Phi) is 4.36. The second kappa shape index (κ2) is 6.20. The van der Waals surface area contributed by atoms with Crippen LogP contribution in [0.4, 0.5) is 0 Å². The first-order chi connectivity index (χ1) is 9.26. The average molecular weight is 258 g/mol. The Morgan fingerprint density at radius 2 is 2.16 bits per heavy atom. The van der Waals surface area contributed by atoms with Crippen molar-refractivity contribution in [2.75, 3.05) is 7.05 Å². The van der Waals surface area contributed by atoms with Gasteiger partial charge in [0.05, 0.1) is 11.6 Å². The third-order valence-electron chi connectivity index (χ3n) is 2.96. The van der Waals surface area contributed by atoms with Gasteiger partial charge < -0.3 is 14.6 Å². The molecule has 2 rings (SSSR count). The molecule has 4 heteroatoms. The van der Waals surface area contributed by atoms with E-state index in [0.29, 0.717) is 12.5 Å². The van der Waals surface area contributed by atoms with Crippen molar-refractivity contribution in [3.8, 4) is 5.88 Å². The molecule has 0 radical (unpaired) electrons. The number of nitrogens with one attached hydrogen (secondary N) is 1. The lowest BCUT2D eigenvalue weighted by Crippen LogP contribution is -2.13. The standard InChI is InChI=1S/C15H18N2O2/c1-4-13(16-3)14-11(2)15(17-19-14)18-10-12-8-6-5-7-9-12/h4-9,13,16H,1,10H2,2-3H3/t13-/m1/s1. The molecule has 0 aliphatic carbocycles. The highest BCUT2D eigenvalue weighted by molar-refractivity contribution is 5.30. The van der Waals surface area contributed by atoms with Crippen LogP contribution in [0.15, 0.2) is 47.5 Å². The molecule has 2 aromatic rings. The molecular formula is C15H18N2O2. The normalized spacial score (nSPS) is 12.1. The molecule has 1 heterocycles. The van der Waals surface area contributed by atoms with Gasteiger partial charge in [0.15, 0.2) is 5.76 Å². The van der Waals surface area contributed by atoms with Crippen LogP contribution in [-0.4, -0.2) is 12.2 Å². The molecule has 0 bridgehead atoms. The van der Waals surface area contributed by atoms with E-state index >= 15 is 0 Å². The fourth-order valence-corrected chi connectivity index (χ4v) is 1.84. The molecule has 0 aliphatic heterocycles. The fraction of sp³-hybridized carbons (Fsp3) is 0.267. The van der Waals surface area contributed by atoms with Crippen LogP contribution < -0.4 is 10.1 Å². The molecule has 0 saturated heterocycles. The van der Waals surface area contributed by atoms with E-state index < -0.39 is 0 Å². The molecular weight excluding hydrogens is 240 g/mol.